The maximum Gasteiger partial charge on any atom is 0.303 e. The van der Waals surface area contributed by atoms with Crippen molar-refractivity contribution in [3.63, 3.8) is 0 Å². The molecule has 0 spiro atoms. The van der Waals surface area contributed by atoms with Crippen molar-refractivity contribution < 1.29 is 19.1 Å². The third kappa shape index (κ3) is 3.55. The van der Waals surface area contributed by atoms with Crippen molar-refractivity contribution in [1.82, 2.24) is 0 Å². The van der Waals surface area contributed by atoms with E-state index in [9.17, 15) is 9.59 Å². The van der Waals surface area contributed by atoms with Crippen LogP contribution in [0.15, 0.2) is 60.7 Å². The second-order valence-corrected chi connectivity index (χ2v) is 5.70. The first-order valence-electron chi connectivity index (χ1n) is 7.98. The first kappa shape index (κ1) is 16.8. The third-order valence-electron chi connectivity index (χ3n) is 4.02. The van der Waals surface area contributed by atoms with Crippen molar-refractivity contribution >= 4 is 23.6 Å². The average Bonchev–Trinajstić information content (AvgIpc) is 2.64. The van der Waals surface area contributed by atoms with Crippen LogP contribution in [0.4, 0.5) is 5.69 Å². The van der Waals surface area contributed by atoms with Crippen LogP contribution in [0.25, 0.3) is 6.08 Å². The second kappa shape index (κ2) is 7.21. The molecule has 2 atom stereocenters. The summed E-state index contributed by atoms with van der Waals surface area (Å²) in [6.45, 7) is 1.31. The Bertz CT molecular complexity index is 783. The van der Waals surface area contributed by atoms with Gasteiger partial charge in [-0.3, -0.25) is 14.5 Å². The summed E-state index contributed by atoms with van der Waals surface area (Å²) in [7, 11) is 1.59. The Morgan fingerprint density at radius 1 is 1.08 bits per heavy atom. The fourth-order valence-electron chi connectivity index (χ4n) is 2.79. The minimum Gasteiger partial charge on any atom is -0.497 e. The molecule has 2 aromatic rings. The van der Waals surface area contributed by atoms with Gasteiger partial charge in [0.05, 0.1) is 7.11 Å². The molecule has 2 aromatic carbocycles. The van der Waals surface area contributed by atoms with Gasteiger partial charge in [-0.25, -0.2) is 0 Å². The second-order valence-electron chi connectivity index (χ2n) is 5.70. The molecular formula is C20H19NO4. The minimum absolute atomic E-state index is 0.233. The highest BCUT2D eigenvalue weighted by atomic mass is 16.6. The molecule has 0 saturated carbocycles. The summed E-state index contributed by atoms with van der Waals surface area (Å²) in [6, 6.07) is 16.6. The minimum atomic E-state index is -0.792. The summed E-state index contributed by atoms with van der Waals surface area (Å²) < 4.78 is 10.3. The summed E-state index contributed by atoms with van der Waals surface area (Å²) in [5.74, 6) is 0.0126. The number of carbonyl (C=O) groups is 2. The lowest BCUT2D eigenvalue weighted by atomic mass is 9.95. The van der Waals surface area contributed by atoms with Crippen LogP contribution in [-0.2, 0) is 14.3 Å². The van der Waals surface area contributed by atoms with Crippen LogP contribution in [0, 0.1) is 0 Å². The smallest absolute Gasteiger partial charge is 0.303 e. The van der Waals surface area contributed by atoms with Crippen LogP contribution in [-0.4, -0.2) is 31.1 Å². The van der Waals surface area contributed by atoms with Gasteiger partial charge in [0.2, 0.25) is 6.10 Å². The topological polar surface area (TPSA) is 55.8 Å². The number of esters is 1. The quantitative estimate of drug-likeness (QED) is 0.621. The van der Waals surface area contributed by atoms with E-state index in [0.29, 0.717) is 5.75 Å². The van der Waals surface area contributed by atoms with Crippen molar-refractivity contribution in [3.05, 3.63) is 66.2 Å². The van der Waals surface area contributed by atoms with Crippen molar-refractivity contribution in [2.75, 3.05) is 12.0 Å². The molecule has 1 amide bonds. The molecule has 0 aromatic heterocycles. The van der Waals surface area contributed by atoms with Gasteiger partial charge in [0.1, 0.15) is 11.8 Å². The van der Waals surface area contributed by atoms with Crippen LogP contribution in [0.2, 0.25) is 0 Å². The summed E-state index contributed by atoms with van der Waals surface area (Å²) in [4.78, 5) is 25.4. The van der Waals surface area contributed by atoms with Crippen LogP contribution >= 0.6 is 0 Å². The van der Waals surface area contributed by atoms with E-state index in [0.717, 1.165) is 11.3 Å². The largest absolute Gasteiger partial charge is 0.497 e. The molecule has 1 fully saturated rings. The fraction of sp³-hybridized carbons (Fsp3) is 0.200. The number of hydrogen-bond donors (Lipinski definition) is 0. The van der Waals surface area contributed by atoms with E-state index in [1.807, 2.05) is 54.6 Å². The molecule has 0 N–H and O–H groups in total. The van der Waals surface area contributed by atoms with E-state index in [2.05, 4.69) is 0 Å². The molecule has 25 heavy (non-hydrogen) atoms. The highest BCUT2D eigenvalue weighted by Gasteiger charge is 2.49. The van der Waals surface area contributed by atoms with Gasteiger partial charge < -0.3 is 9.47 Å². The number of rotatable bonds is 5. The Balaban J connectivity index is 1.85. The molecule has 3 rings (SSSR count). The Hall–Kier alpha value is -3.08. The van der Waals surface area contributed by atoms with E-state index >= 15 is 0 Å². The Morgan fingerprint density at radius 2 is 1.76 bits per heavy atom. The molecule has 0 bridgehead atoms. The first-order chi connectivity index (χ1) is 12.1. The molecular weight excluding hydrogens is 318 g/mol. The number of nitrogens with zero attached hydrogens (tertiary/aromatic N) is 1. The fourth-order valence-corrected chi connectivity index (χ4v) is 2.79. The molecule has 5 nitrogen and oxygen atoms in total. The Labute approximate surface area is 146 Å². The van der Waals surface area contributed by atoms with Crippen LogP contribution in [0.1, 0.15) is 12.5 Å². The number of ether oxygens (including phenoxy) is 2. The molecule has 1 aliphatic heterocycles. The third-order valence-corrected chi connectivity index (χ3v) is 4.02. The lowest BCUT2D eigenvalue weighted by Gasteiger charge is -2.44. The van der Waals surface area contributed by atoms with Crippen molar-refractivity contribution in [1.29, 1.82) is 0 Å². The summed E-state index contributed by atoms with van der Waals surface area (Å²) in [5, 5.41) is 0. The molecule has 1 heterocycles. The number of β-lactam (4-membered cyclic amide) rings is 1. The number of carbonyl (C=O) groups excluding carboxylic acids is 2. The highest BCUT2D eigenvalue weighted by molar-refractivity contribution is 6.06. The summed E-state index contributed by atoms with van der Waals surface area (Å²) >= 11 is 0. The predicted octanol–water partition coefficient (Wildman–Crippen LogP) is 3.06. The van der Waals surface area contributed by atoms with E-state index in [1.165, 1.54) is 6.92 Å². The van der Waals surface area contributed by atoms with Crippen LogP contribution < -0.4 is 9.64 Å². The number of methoxy groups -OCH3 is 1. The number of amides is 1. The lowest BCUT2D eigenvalue weighted by molar-refractivity contribution is -0.159. The maximum absolute atomic E-state index is 12.5. The molecule has 0 radical (unpaired) electrons. The van der Waals surface area contributed by atoms with Gasteiger partial charge in [-0.1, -0.05) is 42.5 Å². The zero-order chi connectivity index (χ0) is 17.8. The number of hydrogen-bond acceptors (Lipinski definition) is 4. The zero-order valence-corrected chi connectivity index (χ0v) is 14.1. The summed E-state index contributed by atoms with van der Waals surface area (Å²) in [5.41, 5.74) is 1.75. The van der Waals surface area contributed by atoms with Gasteiger partial charge in [-0.05, 0) is 29.8 Å². The van der Waals surface area contributed by atoms with Gasteiger partial charge in [0.25, 0.3) is 5.91 Å². The van der Waals surface area contributed by atoms with Gasteiger partial charge in [0.15, 0.2) is 0 Å². The molecule has 1 aliphatic rings. The Morgan fingerprint density at radius 3 is 2.36 bits per heavy atom. The average molecular weight is 337 g/mol. The number of anilines is 1. The highest BCUT2D eigenvalue weighted by Crippen LogP contribution is 2.32. The molecule has 128 valence electrons. The summed E-state index contributed by atoms with van der Waals surface area (Å²) in [6.07, 6.45) is 3.01. The monoisotopic (exact) mass is 337 g/mol. The SMILES string of the molecule is COc1ccc(N2C(=O)[C@@H](OC(C)=O)[C@H]2/C=C/c2ccccc2)cc1. The molecule has 5 heteroatoms. The first-order valence-corrected chi connectivity index (χ1v) is 7.98. The van der Waals surface area contributed by atoms with E-state index < -0.39 is 12.1 Å². The van der Waals surface area contributed by atoms with E-state index in [1.54, 1.807) is 24.1 Å². The molecule has 1 saturated heterocycles. The van der Waals surface area contributed by atoms with E-state index in [4.69, 9.17) is 9.47 Å². The van der Waals surface area contributed by atoms with Crippen molar-refractivity contribution in [2.45, 2.75) is 19.1 Å². The lowest BCUT2D eigenvalue weighted by Crippen LogP contribution is -2.65. The normalized spacial score (nSPS) is 19.6. The maximum atomic E-state index is 12.5. The van der Waals surface area contributed by atoms with Gasteiger partial charge in [-0.15, -0.1) is 0 Å². The van der Waals surface area contributed by atoms with E-state index in [-0.39, 0.29) is 11.9 Å². The number of benzene rings is 2. The van der Waals surface area contributed by atoms with Crippen molar-refractivity contribution in [2.24, 2.45) is 0 Å². The standard InChI is InChI=1S/C20H19NO4/c1-14(22)25-19-18(13-8-15-6-4-3-5-7-15)21(20(19)23)16-9-11-17(24-2)12-10-16/h3-13,18-19H,1-2H3/b13-8+/t18-,19+/m1/s1. The van der Waals surface area contributed by atoms with Crippen LogP contribution in [0.3, 0.4) is 0 Å². The predicted molar refractivity (Wildman–Crippen MR) is 95.3 cm³/mol. The van der Waals surface area contributed by atoms with Crippen molar-refractivity contribution in [3.8, 4) is 5.75 Å². The van der Waals surface area contributed by atoms with Gasteiger partial charge >= 0.3 is 5.97 Å². The Kier molecular flexibility index (Phi) is 4.84. The van der Waals surface area contributed by atoms with Gasteiger partial charge in [-0.2, -0.15) is 0 Å². The molecule has 0 unspecified atom stereocenters. The zero-order valence-electron chi connectivity index (χ0n) is 14.1. The van der Waals surface area contributed by atoms with Crippen LogP contribution in [0.5, 0.6) is 5.75 Å². The van der Waals surface area contributed by atoms with Gasteiger partial charge in [0, 0.05) is 12.6 Å². The molecule has 0 aliphatic carbocycles.